The summed E-state index contributed by atoms with van der Waals surface area (Å²) in [5.74, 6) is 0.544. The highest BCUT2D eigenvalue weighted by Gasteiger charge is 2.15. The van der Waals surface area contributed by atoms with Gasteiger partial charge in [-0.1, -0.05) is 0 Å². The maximum absolute atomic E-state index is 12.2. The third kappa shape index (κ3) is 4.06. The van der Waals surface area contributed by atoms with Crippen molar-refractivity contribution in [3.63, 3.8) is 0 Å². The molecule has 0 aliphatic carbocycles. The van der Waals surface area contributed by atoms with Crippen molar-refractivity contribution >= 4 is 5.91 Å². The number of aryl methyl sites for hydroxylation is 2. The Hall–Kier alpha value is -3.09. The lowest BCUT2D eigenvalue weighted by atomic mass is 10.1. The fourth-order valence-corrected chi connectivity index (χ4v) is 2.61. The van der Waals surface area contributed by atoms with Crippen LogP contribution >= 0.6 is 0 Å². The summed E-state index contributed by atoms with van der Waals surface area (Å²) in [7, 11) is 0. The van der Waals surface area contributed by atoms with E-state index in [1.165, 1.54) is 0 Å². The number of aromatic nitrogens is 5. The van der Waals surface area contributed by atoms with Crippen LogP contribution in [0.15, 0.2) is 43.1 Å². The average molecular weight is 336 g/mol. The summed E-state index contributed by atoms with van der Waals surface area (Å²) >= 11 is 0. The average Bonchev–Trinajstić information content (AvgIpc) is 3.00. The minimum atomic E-state index is -0.185. The first-order valence-electron chi connectivity index (χ1n) is 8.05. The Labute approximate surface area is 146 Å². The minimum absolute atomic E-state index is 0.104. The summed E-state index contributed by atoms with van der Waals surface area (Å²) in [6.07, 6.45) is 8.75. The van der Waals surface area contributed by atoms with Crippen molar-refractivity contribution in [2.24, 2.45) is 0 Å². The third-order valence-corrected chi connectivity index (χ3v) is 3.87. The van der Waals surface area contributed by atoms with Crippen LogP contribution in [-0.4, -0.2) is 30.6 Å². The van der Waals surface area contributed by atoms with E-state index in [0.29, 0.717) is 5.82 Å². The highest BCUT2D eigenvalue weighted by Crippen LogP contribution is 2.19. The maximum Gasteiger partial charge on any atom is 0.242 e. The van der Waals surface area contributed by atoms with Crippen molar-refractivity contribution in [2.45, 2.75) is 33.4 Å². The number of rotatable bonds is 5. The van der Waals surface area contributed by atoms with Gasteiger partial charge >= 0.3 is 0 Å². The topological polar surface area (TPSA) is 85.6 Å². The molecule has 1 unspecified atom stereocenters. The first-order chi connectivity index (χ1) is 12.0. The molecular weight excluding hydrogens is 316 g/mol. The van der Waals surface area contributed by atoms with E-state index in [1.807, 2.05) is 39.1 Å². The van der Waals surface area contributed by atoms with Crippen LogP contribution in [0, 0.1) is 13.8 Å². The van der Waals surface area contributed by atoms with Gasteiger partial charge in [0.15, 0.2) is 5.82 Å². The van der Waals surface area contributed by atoms with E-state index in [9.17, 15) is 4.79 Å². The highest BCUT2D eigenvalue weighted by molar-refractivity contribution is 5.76. The molecule has 128 valence electrons. The first-order valence-corrected chi connectivity index (χ1v) is 8.05. The van der Waals surface area contributed by atoms with Crippen molar-refractivity contribution in [1.29, 1.82) is 0 Å². The van der Waals surface area contributed by atoms with Crippen LogP contribution < -0.4 is 5.32 Å². The molecule has 0 aliphatic heterocycles. The zero-order valence-corrected chi connectivity index (χ0v) is 14.5. The summed E-state index contributed by atoms with van der Waals surface area (Å²) in [5.41, 5.74) is 3.67. The smallest absolute Gasteiger partial charge is 0.242 e. The number of carbonyl (C=O) groups excluding carboxylic acids is 1. The molecule has 1 N–H and O–H groups in total. The second-order valence-corrected chi connectivity index (χ2v) is 5.97. The van der Waals surface area contributed by atoms with E-state index in [-0.39, 0.29) is 18.5 Å². The van der Waals surface area contributed by atoms with Crippen molar-refractivity contribution in [2.75, 3.05) is 0 Å². The van der Waals surface area contributed by atoms with Crippen LogP contribution in [0.1, 0.15) is 29.8 Å². The molecule has 3 rings (SSSR count). The van der Waals surface area contributed by atoms with Crippen molar-refractivity contribution < 1.29 is 4.79 Å². The summed E-state index contributed by atoms with van der Waals surface area (Å²) in [4.78, 5) is 25.2. The van der Waals surface area contributed by atoms with Gasteiger partial charge in [-0.05, 0) is 38.5 Å². The fraction of sp³-hybridized carbons (Fsp3) is 0.278. The molecular formula is C18H20N6O. The molecule has 0 spiro atoms. The Morgan fingerprint density at radius 2 is 2.00 bits per heavy atom. The van der Waals surface area contributed by atoms with Crippen molar-refractivity contribution in [1.82, 2.24) is 30.0 Å². The number of hydrogen-bond acceptors (Lipinski definition) is 5. The molecule has 0 aromatic carbocycles. The number of hydrogen-bond donors (Lipinski definition) is 1. The Morgan fingerprint density at radius 3 is 2.64 bits per heavy atom. The molecule has 0 aliphatic rings. The van der Waals surface area contributed by atoms with Gasteiger partial charge in [0.25, 0.3) is 0 Å². The van der Waals surface area contributed by atoms with Crippen molar-refractivity contribution in [3.05, 3.63) is 59.9 Å². The molecule has 25 heavy (non-hydrogen) atoms. The van der Waals surface area contributed by atoms with Crippen LogP contribution in [0.3, 0.4) is 0 Å². The van der Waals surface area contributed by atoms with E-state index in [4.69, 9.17) is 0 Å². The second-order valence-electron chi connectivity index (χ2n) is 5.97. The molecule has 3 aromatic rings. The normalized spacial score (nSPS) is 12.0. The summed E-state index contributed by atoms with van der Waals surface area (Å²) in [6.45, 7) is 5.97. The Morgan fingerprint density at radius 1 is 1.24 bits per heavy atom. The van der Waals surface area contributed by atoms with Crippen molar-refractivity contribution in [3.8, 4) is 11.4 Å². The number of amides is 1. The Bertz CT molecular complexity index is 874. The van der Waals surface area contributed by atoms with Gasteiger partial charge in [0, 0.05) is 41.6 Å². The maximum atomic E-state index is 12.2. The molecule has 0 saturated heterocycles. The number of carbonyl (C=O) groups is 1. The van der Waals surface area contributed by atoms with Gasteiger partial charge < -0.3 is 5.32 Å². The summed E-state index contributed by atoms with van der Waals surface area (Å²) in [6, 6.07) is 3.55. The molecule has 3 aromatic heterocycles. The van der Waals surface area contributed by atoms with Gasteiger partial charge in [-0.2, -0.15) is 5.10 Å². The lowest BCUT2D eigenvalue weighted by Gasteiger charge is -2.16. The molecule has 7 nitrogen and oxygen atoms in total. The second kappa shape index (κ2) is 7.21. The molecule has 1 atom stereocenters. The predicted molar refractivity (Wildman–Crippen MR) is 93.5 cm³/mol. The van der Waals surface area contributed by atoms with Gasteiger partial charge in [-0.25, -0.2) is 9.97 Å². The van der Waals surface area contributed by atoms with Gasteiger partial charge in [0.05, 0.1) is 12.2 Å². The van der Waals surface area contributed by atoms with Crippen LogP contribution in [0.2, 0.25) is 0 Å². The first kappa shape index (κ1) is 16.8. The van der Waals surface area contributed by atoms with Crippen LogP contribution in [-0.2, 0) is 11.3 Å². The van der Waals surface area contributed by atoms with Gasteiger partial charge in [0.1, 0.15) is 6.54 Å². The van der Waals surface area contributed by atoms with E-state index in [1.54, 1.807) is 29.5 Å². The monoisotopic (exact) mass is 336 g/mol. The van der Waals surface area contributed by atoms with E-state index in [0.717, 1.165) is 22.4 Å². The van der Waals surface area contributed by atoms with Gasteiger partial charge in [-0.15, -0.1) is 0 Å². The summed E-state index contributed by atoms with van der Waals surface area (Å²) < 4.78 is 1.62. The lowest BCUT2D eigenvalue weighted by Crippen LogP contribution is -2.30. The number of nitrogens with zero attached hydrogens (tertiary/aromatic N) is 5. The highest BCUT2D eigenvalue weighted by atomic mass is 16.2. The molecule has 0 saturated carbocycles. The molecule has 0 radical (unpaired) electrons. The lowest BCUT2D eigenvalue weighted by molar-refractivity contribution is -0.122. The van der Waals surface area contributed by atoms with E-state index in [2.05, 4.69) is 25.4 Å². The van der Waals surface area contributed by atoms with Crippen LogP contribution in [0.4, 0.5) is 0 Å². The van der Waals surface area contributed by atoms with E-state index < -0.39 is 0 Å². The van der Waals surface area contributed by atoms with Gasteiger partial charge in [-0.3, -0.25) is 14.5 Å². The zero-order valence-electron chi connectivity index (χ0n) is 14.5. The summed E-state index contributed by atoms with van der Waals surface area (Å²) in [5, 5.41) is 7.09. The third-order valence-electron chi connectivity index (χ3n) is 3.87. The molecule has 0 fully saturated rings. The number of nitrogens with one attached hydrogen (secondary N) is 1. The minimum Gasteiger partial charge on any atom is -0.348 e. The van der Waals surface area contributed by atoms with E-state index >= 15 is 0 Å². The Kier molecular flexibility index (Phi) is 4.83. The molecule has 7 heteroatoms. The fourth-order valence-electron chi connectivity index (χ4n) is 2.61. The predicted octanol–water partition coefficient (Wildman–Crippen LogP) is 2.23. The molecule has 0 bridgehead atoms. The quantitative estimate of drug-likeness (QED) is 0.772. The number of pyridine rings is 1. The molecule has 1 amide bonds. The SMILES string of the molecule is Cc1cnn(CC(=O)NC(C)c2cnc(-c3ccncc3)nc2C)c1. The van der Waals surface area contributed by atoms with Gasteiger partial charge in [0.2, 0.25) is 5.91 Å². The largest absolute Gasteiger partial charge is 0.348 e. The standard InChI is InChI=1S/C18H20N6O/c1-12-8-21-24(10-12)11-17(25)22-13(2)16-9-20-18(23-14(16)3)15-4-6-19-7-5-15/h4-10,13H,11H2,1-3H3,(H,22,25). The van der Waals surface area contributed by atoms with Crippen LogP contribution in [0.25, 0.3) is 11.4 Å². The molecule has 3 heterocycles. The zero-order chi connectivity index (χ0) is 17.8. The van der Waals surface area contributed by atoms with Crippen LogP contribution in [0.5, 0.6) is 0 Å². The Balaban J connectivity index is 1.69.